The molecule has 132 valence electrons. The van der Waals surface area contributed by atoms with Gasteiger partial charge in [0.15, 0.2) is 6.10 Å². The summed E-state index contributed by atoms with van der Waals surface area (Å²) in [4.78, 5) is 23.5. The van der Waals surface area contributed by atoms with Crippen LogP contribution in [-0.2, 0) is 14.3 Å². The van der Waals surface area contributed by atoms with E-state index in [1.165, 1.54) is 6.08 Å². The van der Waals surface area contributed by atoms with Crippen LogP contribution in [0.5, 0.6) is 5.75 Å². The standard InChI is InChI=1S/C20H23NO4/c1-4-11-21-20(23)14(2)25-19(22)10-6-15-5-7-17-13-18(24-3)9-8-16(17)12-15/h5-10,12-14H,4,11H2,1-3H3,(H,21,23)/b10-6+/t14-/m0/s1. The van der Waals surface area contributed by atoms with Crippen LogP contribution in [0.1, 0.15) is 25.8 Å². The van der Waals surface area contributed by atoms with Crippen molar-refractivity contribution >= 4 is 28.7 Å². The summed E-state index contributed by atoms with van der Waals surface area (Å²) >= 11 is 0. The minimum absolute atomic E-state index is 0.289. The first kappa shape index (κ1) is 18.5. The molecule has 2 aromatic carbocycles. The fraction of sp³-hybridized carbons (Fsp3) is 0.300. The molecule has 0 aliphatic rings. The molecule has 5 heteroatoms. The van der Waals surface area contributed by atoms with Crippen molar-refractivity contribution in [3.63, 3.8) is 0 Å². The second-order valence-electron chi connectivity index (χ2n) is 5.68. The van der Waals surface area contributed by atoms with E-state index >= 15 is 0 Å². The zero-order valence-corrected chi connectivity index (χ0v) is 14.7. The number of hydrogen-bond donors (Lipinski definition) is 1. The smallest absolute Gasteiger partial charge is 0.331 e. The molecule has 1 atom stereocenters. The molecule has 0 aliphatic heterocycles. The average molecular weight is 341 g/mol. The van der Waals surface area contributed by atoms with Crippen molar-refractivity contribution in [1.29, 1.82) is 0 Å². The summed E-state index contributed by atoms with van der Waals surface area (Å²) in [5, 5.41) is 4.79. The molecule has 0 radical (unpaired) electrons. The van der Waals surface area contributed by atoms with Gasteiger partial charge >= 0.3 is 5.97 Å². The minimum atomic E-state index is -0.812. The molecule has 0 fully saturated rings. The number of amides is 1. The van der Waals surface area contributed by atoms with E-state index in [0.29, 0.717) is 6.54 Å². The number of carbonyl (C=O) groups excluding carboxylic acids is 2. The highest BCUT2D eigenvalue weighted by molar-refractivity contribution is 5.92. The predicted molar refractivity (Wildman–Crippen MR) is 98.4 cm³/mol. The van der Waals surface area contributed by atoms with Gasteiger partial charge in [0.2, 0.25) is 0 Å². The van der Waals surface area contributed by atoms with Crippen LogP contribution in [0.4, 0.5) is 0 Å². The SMILES string of the molecule is CCCNC(=O)[C@H](C)OC(=O)/C=C/c1ccc2cc(OC)ccc2c1. The molecule has 0 saturated carbocycles. The summed E-state index contributed by atoms with van der Waals surface area (Å²) in [6.45, 7) is 4.08. The third-order valence-electron chi connectivity index (χ3n) is 3.69. The van der Waals surface area contributed by atoms with Gasteiger partial charge in [-0.25, -0.2) is 4.79 Å². The monoisotopic (exact) mass is 341 g/mol. The third-order valence-corrected chi connectivity index (χ3v) is 3.69. The van der Waals surface area contributed by atoms with E-state index < -0.39 is 12.1 Å². The number of esters is 1. The molecule has 0 spiro atoms. The Labute approximate surface area is 147 Å². The summed E-state index contributed by atoms with van der Waals surface area (Å²) in [6, 6.07) is 11.6. The van der Waals surface area contributed by atoms with Crippen molar-refractivity contribution in [2.75, 3.05) is 13.7 Å². The topological polar surface area (TPSA) is 64.6 Å². The molecule has 0 saturated heterocycles. The minimum Gasteiger partial charge on any atom is -0.497 e. The number of rotatable bonds is 7. The van der Waals surface area contributed by atoms with Gasteiger partial charge in [-0.3, -0.25) is 4.79 Å². The molecule has 0 bridgehead atoms. The van der Waals surface area contributed by atoms with Crippen molar-refractivity contribution in [1.82, 2.24) is 5.32 Å². The molecule has 0 unspecified atom stereocenters. The van der Waals surface area contributed by atoms with E-state index in [1.807, 2.05) is 43.3 Å². The molecule has 1 amide bonds. The maximum Gasteiger partial charge on any atom is 0.331 e. The lowest BCUT2D eigenvalue weighted by molar-refractivity contribution is -0.150. The number of carbonyl (C=O) groups is 2. The van der Waals surface area contributed by atoms with Crippen LogP contribution >= 0.6 is 0 Å². The maximum atomic E-state index is 11.8. The molecule has 0 aromatic heterocycles. The highest BCUT2D eigenvalue weighted by Crippen LogP contribution is 2.22. The number of nitrogens with one attached hydrogen (secondary N) is 1. The van der Waals surface area contributed by atoms with Gasteiger partial charge in [0.05, 0.1) is 7.11 Å². The lowest BCUT2D eigenvalue weighted by Gasteiger charge is -2.11. The molecule has 2 rings (SSSR count). The molecule has 0 heterocycles. The van der Waals surface area contributed by atoms with Gasteiger partial charge in [-0.1, -0.05) is 25.1 Å². The Morgan fingerprint density at radius 3 is 2.60 bits per heavy atom. The third kappa shape index (κ3) is 5.35. The van der Waals surface area contributed by atoms with Gasteiger partial charge in [0.1, 0.15) is 5.75 Å². The van der Waals surface area contributed by atoms with Gasteiger partial charge in [-0.15, -0.1) is 0 Å². The van der Waals surface area contributed by atoms with Crippen LogP contribution in [0.15, 0.2) is 42.5 Å². The Hall–Kier alpha value is -2.82. The van der Waals surface area contributed by atoms with E-state index in [9.17, 15) is 9.59 Å². The Bertz CT molecular complexity index is 782. The van der Waals surface area contributed by atoms with Crippen LogP contribution in [0.25, 0.3) is 16.8 Å². The average Bonchev–Trinajstić information content (AvgIpc) is 2.63. The number of fused-ring (bicyclic) bond motifs is 1. The Morgan fingerprint density at radius 1 is 1.16 bits per heavy atom. The first-order valence-electron chi connectivity index (χ1n) is 8.27. The number of ether oxygens (including phenoxy) is 2. The zero-order valence-electron chi connectivity index (χ0n) is 14.7. The van der Waals surface area contributed by atoms with E-state index in [4.69, 9.17) is 9.47 Å². The number of benzene rings is 2. The van der Waals surface area contributed by atoms with Crippen LogP contribution in [0.3, 0.4) is 0 Å². The predicted octanol–water partition coefficient (Wildman–Crippen LogP) is 3.32. The first-order chi connectivity index (χ1) is 12.0. The molecule has 1 N–H and O–H groups in total. The van der Waals surface area contributed by atoms with Gasteiger partial charge in [0, 0.05) is 12.6 Å². The maximum absolute atomic E-state index is 11.8. The molecule has 5 nitrogen and oxygen atoms in total. The van der Waals surface area contributed by atoms with Gasteiger partial charge < -0.3 is 14.8 Å². The molecule has 25 heavy (non-hydrogen) atoms. The van der Waals surface area contributed by atoms with Crippen LogP contribution in [0.2, 0.25) is 0 Å². The number of hydrogen-bond acceptors (Lipinski definition) is 4. The van der Waals surface area contributed by atoms with Crippen LogP contribution in [-0.4, -0.2) is 31.6 Å². The lowest BCUT2D eigenvalue weighted by Crippen LogP contribution is -2.35. The van der Waals surface area contributed by atoms with Crippen molar-refractivity contribution in [3.8, 4) is 5.75 Å². The molecule has 0 aliphatic carbocycles. The van der Waals surface area contributed by atoms with Crippen molar-refractivity contribution in [2.24, 2.45) is 0 Å². The largest absolute Gasteiger partial charge is 0.497 e. The second kappa shape index (κ2) is 8.87. The molecular weight excluding hydrogens is 318 g/mol. The quantitative estimate of drug-likeness (QED) is 0.620. The summed E-state index contributed by atoms with van der Waals surface area (Å²) in [6.07, 6.45) is 3.02. The van der Waals surface area contributed by atoms with Gasteiger partial charge in [-0.2, -0.15) is 0 Å². The second-order valence-corrected chi connectivity index (χ2v) is 5.68. The summed E-state index contributed by atoms with van der Waals surface area (Å²) in [7, 11) is 1.63. The highest BCUT2D eigenvalue weighted by atomic mass is 16.5. The highest BCUT2D eigenvalue weighted by Gasteiger charge is 2.15. The number of methoxy groups -OCH3 is 1. The van der Waals surface area contributed by atoms with Crippen LogP contribution < -0.4 is 10.1 Å². The van der Waals surface area contributed by atoms with Crippen molar-refractivity contribution in [3.05, 3.63) is 48.0 Å². The van der Waals surface area contributed by atoms with Crippen molar-refractivity contribution in [2.45, 2.75) is 26.4 Å². The summed E-state index contributed by atoms with van der Waals surface area (Å²) in [5.74, 6) is -0.0352. The Kier molecular flexibility index (Phi) is 6.57. The first-order valence-corrected chi connectivity index (χ1v) is 8.27. The van der Waals surface area contributed by atoms with E-state index in [0.717, 1.165) is 28.5 Å². The van der Waals surface area contributed by atoms with Gasteiger partial charge in [0.25, 0.3) is 5.91 Å². The van der Waals surface area contributed by atoms with Crippen LogP contribution in [0, 0.1) is 0 Å². The Balaban J connectivity index is 1.99. The molecule has 2 aromatic rings. The van der Waals surface area contributed by atoms with Gasteiger partial charge in [-0.05, 0) is 54.0 Å². The summed E-state index contributed by atoms with van der Waals surface area (Å²) in [5.41, 5.74) is 0.873. The fourth-order valence-corrected chi connectivity index (χ4v) is 2.30. The van der Waals surface area contributed by atoms with E-state index in [1.54, 1.807) is 20.1 Å². The zero-order chi connectivity index (χ0) is 18.2. The fourth-order valence-electron chi connectivity index (χ4n) is 2.30. The Morgan fingerprint density at radius 2 is 1.88 bits per heavy atom. The van der Waals surface area contributed by atoms with E-state index in [2.05, 4.69) is 5.32 Å². The lowest BCUT2D eigenvalue weighted by atomic mass is 10.1. The van der Waals surface area contributed by atoms with Crippen molar-refractivity contribution < 1.29 is 19.1 Å². The van der Waals surface area contributed by atoms with E-state index in [-0.39, 0.29) is 5.91 Å². The summed E-state index contributed by atoms with van der Waals surface area (Å²) < 4.78 is 10.3. The normalized spacial score (nSPS) is 12.1. The molecular formula is C20H23NO4.